The third kappa shape index (κ3) is 1.41. The van der Waals surface area contributed by atoms with Crippen molar-refractivity contribution in [3.63, 3.8) is 0 Å². The normalized spacial score (nSPS) is 28.0. The summed E-state index contributed by atoms with van der Waals surface area (Å²) in [5, 5.41) is 11.6. The Kier molecular flexibility index (Phi) is 2.66. The Hall–Kier alpha value is -1.08. The number of nitrogens with one attached hydrogen (secondary N) is 1. The quantitative estimate of drug-likeness (QED) is 0.598. The molecule has 0 aromatic rings. The van der Waals surface area contributed by atoms with E-state index in [0.29, 0.717) is 6.42 Å². The minimum Gasteiger partial charge on any atom is -0.468 e. The molecular weight excluding hydrogens is 156 g/mol. The zero-order valence-electron chi connectivity index (χ0n) is 7.09. The van der Waals surface area contributed by atoms with E-state index in [1.54, 1.807) is 0 Å². The van der Waals surface area contributed by atoms with Gasteiger partial charge in [0.15, 0.2) is 0 Å². The fourth-order valence-electron chi connectivity index (χ4n) is 1.53. The van der Waals surface area contributed by atoms with Crippen LogP contribution in [0, 0.1) is 11.3 Å². The Labute approximate surface area is 71.5 Å². The van der Waals surface area contributed by atoms with Crippen LogP contribution < -0.4 is 5.32 Å². The van der Waals surface area contributed by atoms with Crippen LogP contribution in [0.2, 0.25) is 0 Å². The first-order chi connectivity index (χ1) is 5.75. The van der Waals surface area contributed by atoms with Crippen LogP contribution in [0.25, 0.3) is 0 Å². The van der Waals surface area contributed by atoms with Gasteiger partial charge in [0.1, 0.15) is 5.54 Å². The van der Waals surface area contributed by atoms with Crippen molar-refractivity contribution in [2.45, 2.75) is 24.8 Å². The molecule has 0 amide bonds. The van der Waals surface area contributed by atoms with Gasteiger partial charge in [0.25, 0.3) is 0 Å². The lowest BCUT2D eigenvalue weighted by Gasteiger charge is -2.22. The molecular formula is C8H12N2O2. The van der Waals surface area contributed by atoms with Crippen LogP contribution in [-0.2, 0) is 9.53 Å². The molecule has 4 nitrogen and oxygen atoms in total. The van der Waals surface area contributed by atoms with E-state index in [1.165, 1.54) is 7.11 Å². The van der Waals surface area contributed by atoms with Gasteiger partial charge in [-0.2, -0.15) is 5.26 Å². The van der Waals surface area contributed by atoms with Crippen LogP contribution in [0.1, 0.15) is 19.3 Å². The second-order valence-electron chi connectivity index (χ2n) is 2.94. The van der Waals surface area contributed by atoms with Crippen LogP contribution in [0.5, 0.6) is 0 Å². The van der Waals surface area contributed by atoms with Crippen molar-refractivity contribution in [1.82, 2.24) is 5.32 Å². The minimum absolute atomic E-state index is 0.194. The molecule has 0 bridgehead atoms. The molecule has 1 N–H and O–H groups in total. The Morgan fingerprint density at radius 2 is 2.58 bits per heavy atom. The number of rotatable bonds is 2. The summed E-state index contributed by atoms with van der Waals surface area (Å²) in [4.78, 5) is 11.3. The van der Waals surface area contributed by atoms with Gasteiger partial charge < -0.3 is 10.1 Å². The van der Waals surface area contributed by atoms with E-state index in [-0.39, 0.29) is 12.4 Å². The van der Waals surface area contributed by atoms with Crippen molar-refractivity contribution in [3.8, 4) is 6.07 Å². The number of ether oxygens (including phenoxy) is 1. The average Bonchev–Trinajstić information content (AvgIpc) is 2.53. The van der Waals surface area contributed by atoms with Crippen molar-refractivity contribution in [2.75, 3.05) is 13.7 Å². The topological polar surface area (TPSA) is 62.1 Å². The molecule has 1 atom stereocenters. The number of hydrogen-bond acceptors (Lipinski definition) is 4. The van der Waals surface area contributed by atoms with Crippen LogP contribution in [0.15, 0.2) is 0 Å². The molecule has 1 aliphatic heterocycles. The van der Waals surface area contributed by atoms with Crippen molar-refractivity contribution in [2.24, 2.45) is 0 Å². The minimum atomic E-state index is -0.719. The molecule has 1 saturated heterocycles. The number of carbonyl (C=O) groups excluding carboxylic acids is 1. The highest BCUT2D eigenvalue weighted by Gasteiger charge is 2.41. The second-order valence-corrected chi connectivity index (χ2v) is 2.94. The van der Waals surface area contributed by atoms with E-state index >= 15 is 0 Å². The van der Waals surface area contributed by atoms with E-state index < -0.39 is 5.54 Å². The van der Waals surface area contributed by atoms with Gasteiger partial charge in [0.2, 0.25) is 0 Å². The molecule has 0 radical (unpaired) electrons. The van der Waals surface area contributed by atoms with E-state index in [9.17, 15) is 4.79 Å². The number of carbonyl (C=O) groups is 1. The van der Waals surface area contributed by atoms with Gasteiger partial charge in [-0.1, -0.05) is 0 Å². The number of nitriles is 1. The molecule has 66 valence electrons. The van der Waals surface area contributed by atoms with Crippen molar-refractivity contribution < 1.29 is 9.53 Å². The van der Waals surface area contributed by atoms with Crippen molar-refractivity contribution >= 4 is 5.97 Å². The lowest BCUT2D eigenvalue weighted by atomic mass is 9.94. The van der Waals surface area contributed by atoms with E-state index in [0.717, 1.165) is 13.0 Å². The highest BCUT2D eigenvalue weighted by atomic mass is 16.5. The maximum atomic E-state index is 11.3. The van der Waals surface area contributed by atoms with Gasteiger partial charge >= 0.3 is 5.97 Å². The SMILES string of the molecule is COC(=O)C1(CC#N)CCCN1. The molecule has 0 aliphatic carbocycles. The lowest BCUT2D eigenvalue weighted by Crippen LogP contribution is -2.47. The third-order valence-corrected chi connectivity index (χ3v) is 2.20. The first kappa shape index (κ1) is 9.01. The lowest BCUT2D eigenvalue weighted by molar-refractivity contribution is -0.147. The summed E-state index contributed by atoms with van der Waals surface area (Å²) in [5.41, 5.74) is -0.719. The molecule has 0 saturated carbocycles. The third-order valence-electron chi connectivity index (χ3n) is 2.20. The summed E-state index contributed by atoms with van der Waals surface area (Å²) in [6.45, 7) is 0.788. The molecule has 1 aliphatic rings. The molecule has 1 unspecified atom stereocenters. The largest absolute Gasteiger partial charge is 0.468 e. The first-order valence-electron chi connectivity index (χ1n) is 3.95. The fraction of sp³-hybridized carbons (Fsp3) is 0.750. The van der Waals surface area contributed by atoms with E-state index in [4.69, 9.17) is 5.26 Å². The van der Waals surface area contributed by atoms with Crippen LogP contribution in [0.3, 0.4) is 0 Å². The van der Waals surface area contributed by atoms with Gasteiger partial charge in [0, 0.05) is 0 Å². The van der Waals surface area contributed by atoms with Crippen LogP contribution in [-0.4, -0.2) is 25.2 Å². The molecule has 4 heteroatoms. The molecule has 1 heterocycles. The molecule has 0 spiro atoms. The first-order valence-corrected chi connectivity index (χ1v) is 3.95. The molecule has 0 aromatic carbocycles. The van der Waals surface area contributed by atoms with E-state index in [2.05, 4.69) is 10.1 Å². The van der Waals surface area contributed by atoms with Crippen molar-refractivity contribution in [1.29, 1.82) is 5.26 Å². The number of esters is 1. The molecule has 0 aromatic heterocycles. The van der Waals surface area contributed by atoms with E-state index in [1.807, 2.05) is 6.07 Å². The standard InChI is InChI=1S/C8H12N2O2/c1-12-7(11)8(4-5-9)3-2-6-10-8/h10H,2-4,6H2,1H3. The summed E-state index contributed by atoms with van der Waals surface area (Å²) in [6.07, 6.45) is 1.82. The van der Waals surface area contributed by atoms with Gasteiger partial charge in [-0.05, 0) is 19.4 Å². The predicted molar refractivity (Wildman–Crippen MR) is 42.2 cm³/mol. The Morgan fingerprint density at radius 3 is 3.00 bits per heavy atom. The highest BCUT2D eigenvalue weighted by Crippen LogP contribution is 2.23. The number of nitrogens with zero attached hydrogens (tertiary/aromatic N) is 1. The number of methoxy groups -OCH3 is 1. The Balaban J connectivity index is 2.72. The van der Waals surface area contributed by atoms with Gasteiger partial charge in [-0.15, -0.1) is 0 Å². The Morgan fingerprint density at radius 1 is 1.83 bits per heavy atom. The average molecular weight is 168 g/mol. The monoisotopic (exact) mass is 168 g/mol. The zero-order valence-corrected chi connectivity index (χ0v) is 7.09. The van der Waals surface area contributed by atoms with Crippen LogP contribution in [0.4, 0.5) is 0 Å². The molecule has 12 heavy (non-hydrogen) atoms. The Bertz CT molecular complexity index is 214. The highest BCUT2D eigenvalue weighted by molar-refractivity contribution is 5.81. The molecule has 1 fully saturated rings. The van der Waals surface area contributed by atoms with Crippen molar-refractivity contribution in [3.05, 3.63) is 0 Å². The maximum Gasteiger partial charge on any atom is 0.327 e. The van der Waals surface area contributed by atoms with Crippen LogP contribution >= 0.6 is 0 Å². The fourth-order valence-corrected chi connectivity index (χ4v) is 1.53. The summed E-state index contributed by atoms with van der Waals surface area (Å²) in [5.74, 6) is -0.318. The summed E-state index contributed by atoms with van der Waals surface area (Å²) in [7, 11) is 1.35. The maximum absolute atomic E-state index is 11.3. The van der Waals surface area contributed by atoms with Gasteiger partial charge in [-0.3, -0.25) is 4.79 Å². The van der Waals surface area contributed by atoms with Gasteiger partial charge in [-0.25, -0.2) is 0 Å². The predicted octanol–water partition coefficient (Wildman–Crippen LogP) is 0.195. The summed E-state index contributed by atoms with van der Waals surface area (Å²) in [6, 6.07) is 2.00. The second kappa shape index (κ2) is 3.55. The number of hydrogen-bond donors (Lipinski definition) is 1. The summed E-state index contributed by atoms with van der Waals surface area (Å²) >= 11 is 0. The summed E-state index contributed by atoms with van der Waals surface area (Å²) < 4.78 is 4.64. The van der Waals surface area contributed by atoms with Gasteiger partial charge in [0.05, 0.1) is 19.6 Å². The molecule has 1 rings (SSSR count). The smallest absolute Gasteiger partial charge is 0.327 e. The zero-order chi connectivity index (χ0) is 9.03.